The summed E-state index contributed by atoms with van der Waals surface area (Å²) in [6.07, 6.45) is -8.01. The highest BCUT2D eigenvalue weighted by Crippen LogP contribution is 2.33. The van der Waals surface area contributed by atoms with Gasteiger partial charge in [0.1, 0.15) is 18.8 Å². The third kappa shape index (κ3) is 7.86. The van der Waals surface area contributed by atoms with E-state index in [1.54, 1.807) is 13.8 Å². The standard InChI is InChI=1S/C20H28F5N3O6/c1-10(2)5-14(29)18(33)28-9-19(21,22)7-13(28)17(32)27-12(6-11-3-4-26-16(11)31)15(30)8-34-20(23,24)25/h10-14,29H,3-9H2,1-2H3,(H,26,31)(H,27,32)/t11-,12-,13-,14+/m0/s1. The number of hydrogen-bond donors (Lipinski definition) is 3. The third-order valence-corrected chi connectivity index (χ3v) is 5.60. The molecule has 0 aromatic rings. The molecule has 0 unspecified atom stereocenters. The van der Waals surface area contributed by atoms with Gasteiger partial charge in [-0.3, -0.25) is 23.9 Å². The summed E-state index contributed by atoms with van der Waals surface area (Å²) in [6, 6.07) is -3.41. The van der Waals surface area contributed by atoms with Gasteiger partial charge >= 0.3 is 6.36 Å². The number of aliphatic hydroxyl groups is 1. The Labute approximate surface area is 192 Å². The van der Waals surface area contributed by atoms with Crippen LogP contribution in [0.2, 0.25) is 0 Å². The fraction of sp³-hybridized carbons (Fsp3) is 0.800. The maximum Gasteiger partial charge on any atom is 0.522 e. The first-order valence-corrected chi connectivity index (χ1v) is 10.8. The maximum atomic E-state index is 14.1. The van der Waals surface area contributed by atoms with Gasteiger partial charge in [-0.1, -0.05) is 13.8 Å². The minimum Gasteiger partial charge on any atom is -0.383 e. The highest BCUT2D eigenvalue weighted by Gasteiger charge is 2.51. The zero-order valence-corrected chi connectivity index (χ0v) is 18.7. The Bertz CT molecular complexity index is 791. The van der Waals surface area contributed by atoms with Gasteiger partial charge in [-0.25, -0.2) is 8.78 Å². The number of hydrogen-bond acceptors (Lipinski definition) is 6. The normalized spacial score (nSPS) is 24.1. The van der Waals surface area contributed by atoms with Crippen molar-refractivity contribution in [3.8, 4) is 0 Å². The van der Waals surface area contributed by atoms with Crippen LogP contribution in [0, 0.1) is 11.8 Å². The minimum absolute atomic E-state index is 0.0398. The van der Waals surface area contributed by atoms with Crippen molar-refractivity contribution in [1.29, 1.82) is 0 Å². The smallest absolute Gasteiger partial charge is 0.383 e. The molecule has 9 nitrogen and oxygen atoms in total. The molecule has 0 saturated carbocycles. The second kappa shape index (κ2) is 10.9. The predicted molar refractivity (Wildman–Crippen MR) is 105 cm³/mol. The molecule has 0 aromatic carbocycles. The molecule has 0 radical (unpaired) electrons. The lowest BCUT2D eigenvalue weighted by Gasteiger charge is -2.28. The molecule has 0 spiro atoms. The van der Waals surface area contributed by atoms with Gasteiger partial charge in [-0.05, 0) is 25.2 Å². The summed E-state index contributed by atoms with van der Waals surface area (Å²) in [7, 11) is 0. The molecule has 2 saturated heterocycles. The van der Waals surface area contributed by atoms with E-state index in [9.17, 15) is 46.2 Å². The van der Waals surface area contributed by atoms with Gasteiger partial charge in [-0.15, -0.1) is 13.2 Å². The second-order valence-corrected chi connectivity index (χ2v) is 8.96. The first-order chi connectivity index (χ1) is 15.6. The summed E-state index contributed by atoms with van der Waals surface area (Å²) < 4.78 is 68.8. The fourth-order valence-electron chi connectivity index (χ4n) is 3.97. The Hall–Kier alpha value is -2.35. The van der Waals surface area contributed by atoms with Crippen LogP contribution in [0.4, 0.5) is 22.0 Å². The third-order valence-electron chi connectivity index (χ3n) is 5.60. The van der Waals surface area contributed by atoms with Crippen molar-refractivity contribution in [2.75, 3.05) is 19.7 Å². The lowest BCUT2D eigenvalue weighted by atomic mass is 9.95. The number of nitrogens with zero attached hydrogens (tertiary/aromatic N) is 1. The molecular formula is C20H28F5N3O6. The molecule has 0 aliphatic carbocycles. The van der Waals surface area contributed by atoms with Gasteiger partial charge in [0.25, 0.3) is 11.8 Å². The lowest BCUT2D eigenvalue weighted by Crippen LogP contribution is -2.53. The molecule has 14 heteroatoms. The second-order valence-electron chi connectivity index (χ2n) is 8.96. The number of carbonyl (C=O) groups excluding carboxylic acids is 4. The average molecular weight is 501 g/mol. The van der Waals surface area contributed by atoms with E-state index in [0.29, 0.717) is 4.90 Å². The van der Waals surface area contributed by atoms with Crippen molar-refractivity contribution in [2.24, 2.45) is 11.8 Å². The van der Waals surface area contributed by atoms with E-state index in [-0.39, 0.29) is 31.7 Å². The van der Waals surface area contributed by atoms with Crippen molar-refractivity contribution in [2.45, 2.75) is 70.0 Å². The Morgan fingerprint density at radius 1 is 1.29 bits per heavy atom. The van der Waals surface area contributed by atoms with E-state index in [1.807, 2.05) is 0 Å². The molecule has 0 bridgehead atoms. The summed E-state index contributed by atoms with van der Waals surface area (Å²) in [6.45, 7) is 1.05. The van der Waals surface area contributed by atoms with Crippen molar-refractivity contribution in [1.82, 2.24) is 15.5 Å². The van der Waals surface area contributed by atoms with Crippen molar-refractivity contribution >= 4 is 23.5 Å². The monoisotopic (exact) mass is 501 g/mol. The highest BCUT2D eigenvalue weighted by atomic mass is 19.4. The van der Waals surface area contributed by atoms with Gasteiger partial charge in [0.15, 0.2) is 5.78 Å². The summed E-state index contributed by atoms with van der Waals surface area (Å²) >= 11 is 0. The SMILES string of the molecule is CC(C)C[C@@H](O)C(=O)N1CC(F)(F)C[C@H]1C(=O)N[C@@H](C[C@@H]1CCNC1=O)C(=O)COC(F)(F)F. The number of Topliss-reactive ketones (excluding diaryl/α,β-unsaturated/α-hetero) is 1. The Kier molecular flexibility index (Phi) is 8.97. The van der Waals surface area contributed by atoms with Crippen molar-refractivity contribution in [3.05, 3.63) is 0 Å². The molecule has 2 rings (SSSR count). The minimum atomic E-state index is -5.13. The van der Waals surface area contributed by atoms with Gasteiger partial charge < -0.3 is 20.6 Å². The summed E-state index contributed by atoms with van der Waals surface area (Å²) in [5, 5.41) is 14.7. The quantitative estimate of drug-likeness (QED) is 0.380. The molecule has 3 amide bonds. The summed E-state index contributed by atoms with van der Waals surface area (Å²) in [5.74, 6) is -8.38. The van der Waals surface area contributed by atoms with Crippen LogP contribution in [0.25, 0.3) is 0 Å². The Morgan fingerprint density at radius 2 is 1.94 bits per heavy atom. The number of nitrogens with one attached hydrogen (secondary N) is 2. The molecule has 194 valence electrons. The summed E-state index contributed by atoms with van der Waals surface area (Å²) in [5.41, 5.74) is 0. The number of rotatable bonds is 10. The van der Waals surface area contributed by atoms with Crippen LogP contribution < -0.4 is 10.6 Å². The van der Waals surface area contributed by atoms with Crippen molar-refractivity contribution in [3.63, 3.8) is 0 Å². The number of halogens is 5. The molecular weight excluding hydrogens is 473 g/mol. The molecule has 2 aliphatic heterocycles. The fourth-order valence-corrected chi connectivity index (χ4v) is 3.97. The molecule has 3 N–H and O–H groups in total. The van der Waals surface area contributed by atoms with E-state index in [1.165, 1.54) is 0 Å². The molecule has 34 heavy (non-hydrogen) atoms. The van der Waals surface area contributed by atoms with Crippen LogP contribution in [-0.2, 0) is 23.9 Å². The number of ether oxygens (including phenoxy) is 1. The van der Waals surface area contributed by atoms with Crippen LogP contribution in [0.15, 0.2) is 0 Å². The van der Waals surface area contributed by atoms with E-state index in [4.69, 9.17) is 0 Å². The first-order valence-electron chi connectivity index (χ1n) is 10.8. The van der Waals surface area contributed by atoms with Crippen molar-refractivity contribution < 1.29 is 51.0 Å². The zero-order chi connectivity index (χ0) is 25.8. The van der Waals surface area contributed by atoms with E-state index < -0.39 is 79.5 Å². The number of alkyl halides is 5. The van der Waals surface area contributed by atoms with Crippen LogP contribution in [-0.4, -0.2) is 83.7 Å². The summed E-state index contributed by atoms with van der Waals surface area (Å²) in [4.78, 5) is 50.1. The molecule has 0 aromatic heterocycles. The molecule has 2 heterocycles. The molecule has 4 atom stereocenters. The maximum absolute atomic E-state index is 14.1. The number of amides is 3. The number of ketones is 1. The highest BCUT2D eigenvalue weighted by molar-refractivity contribution is 5.94. The van der Waals surface area contributed by atoms with E-state index in [0.717, 1.165) is 0 Å². The van der Waals surface area contributed by atoms with Gasteiger partial charge in [-0.2, -0.15) is 0 Å². The topological polar surface area (TPSA) is 125 Å². The largest absolute Gasteiger partial charge is 0.522 e. The Morgan fingerprint density at radius 3 is 2.47 bits per heavy atom. The number of aliphatic hydroxyl groups excluding tert-OH is 1. The average Bonchev–Trinajstić information content (AvgIpc) is 3.25. The van der Waals surface area contributed by atoms with Crippen LogP contribution in [0.5, 0.6) is 0 Å². The first kappa shape index (κ1) is 27.9. The van der Waals surface area contributed by atoms with Gasteiger partial charge in [0, 0.05) is 18.9 Å². The van der Waals surface area contributed by atoms with Crippen LogP contribution in [0.1, 0.15) is 39.5 Å². The Balaban J connectivity index is 2.18. The van der Waals surface area contributed by atoms with Gasteiger partial charge in [0.2, 0.25) is 11.8 Å². The molecule has 2 aliphatic rings. The van der Waals surface area contributed by atoms with Crippen LogP contribution >= 0.6 is 0 Å². The lowest BCUT2D eigenvalue weighted by molar-refractivity contribution is -0.321. The van der Waals surface area contributed by atoms with E-state index >= 15 is 0 Å². The zero-order valence-electron chi connectivity index (χ0n) is 18.7. The number of likely N-dealkylation sites (tertiary alicyclic amines) is 1. The molecule has 2 fully saturated rings. The van der Waals surface area contributed by atoms with Gasteiger partial charge in [0.05, 0.1) is 12.6 Å². The predicted octanol–water partition coefficient (Wildman–Crippen LogP) is 0.746. The number of carbonyl (C=O) groups is 4. The van der Waals surface area contributed by atoms with E-state index in [2.05, 4.69) is 15.4 Å². The van der Waals surface area contributed by atoms with Crippen LogP contribution in [0.3, 0.4) is 0 Å².